The van der Waals surface area contributed by atoms with Gasteiger partial charge in [0.05, 0.1) is 18.5 Å². The zero-order chi connectivity index (χ0) is 17.7. The third kappa shape index (κ3) is 1.31. The van der Waals surface area contributed by atoms with Gasteiger partial charge in [0, 0.05) is 10.8 Å². The summed E-state index contributed by atoms with van der Waals surface area (Å²) in [5.74, 6) is -3.18. The number of fused-ring (bicyclic) bond motifs is 3. The minimum Gasteiger partial charge on any atom is -0.290 e. The second kappa shape index (κ2) is 3.94. The van der Waals surface area contributed by atoms with Crippen LogP contribution in [0, 0.1) is 6.92 Å². The first-order valence-electron chi connectivity index (χ1n) is 8.48. The molecule has 1 aliphatic heterocycles. The molecule has 0 saturated heterocycles. The van der Waals surface area contributed by atoms with E-state index < -0.39 is 11.3 Å². The Morgan fingerprint density at radius 1 is 1.08 bits per heavy atom. The maximum atomic E-state index is 15.4. The van der Waals surface area contributed by atoms with E-state index >= 15 is 8.78 Å². The van der Waals surface area contributed by atoms with Gasteiger partial charge < -0.3 is 0 Å². The number of alkyl halides is 2. The Hall–Kier alpha value is -2.49. The number of imidazole rings is 1. The van der Waals surface area contributed by atoms with Crippen molar-refractivity contribution < 1.29 is 10.2 Å². The summed E-state index contributed by atoms with van der Waals surface area (Å²) in [6.07, 6.45) is -0.345. The third-order valence-electron chi connectivity index (χ3n) is 5.51. The normalized spacial score (nSPS) is 18.6. The molecule has 0 radical (unpaired) electrons. The molecule has 0 bridgehead atoms. The van der Waals surface area contributed by atoms with Crippen molar-refractivity contribution in [1.82, 2.24) is 9.38 Å². The molecule has 0 unspecified atom stereocenters. The van der Waals surface area contributed by atoms with Crippen LogP contribution in [0.1, 0.15) is 32.0 Å². The molecule has 4 heteroatoms. The summed E-state index contributed by atoms with van der Waals surface area (Å²) in [5, 5.41) is 2.75. The topological polar surface area (TPSA) is 17.3 Å². The van der Waals surface area contributed by atoms with Gasteiger partial charge in [-0.2, -0.15) is 8.78 Å². The van der Waals surface area contributed by atoms with E-state index in [1.807, 2.05) is 37.3 Å². The first-order chi connectivity index (χ1) is 11.8. The molecular weight excluding hydrogens is 306 g/mol. The van der Waals surface area contributed by atoms with Crippen LogP contribution in [-0.2, 0) is 11.3 Å². The van der Waals surface area contributed by atoms with Crippen molar-refractivity contribution in [2.45, 2.75) is 32.1 Å². The van der Waals surface area contributed by atoms with Crippen molar-refractivity contribution in [3.8, 4) is 0 Å². The highest BCUT2D eigenvalue weighted by atomic mass is 19.3. The summed E-state index contributed by atoms with van der Waals surface area (Å²) in [7, 11) is 0. The van der Waals surface area contributed by atoms with Gasteiger partial charge in [0.1, 0.15) is 11.3 Å². The fourth-order valence-corrected chi connectivity index (χ4v) is 4.05. The van der Waals surface area contributed by atoms with Crippen molar-refractivity contribution in [3.05, 3.63) is 59.4 Å². The van der Waals surface area contributed by atoms with Gasteiger partial charge in [-0.3, -0.25) is 4.40 Å². The van der Waals surface area contributed by atoms with Crippen molar-refractivity contribution in [1.29, 1.82) is 0 Å². The van der Waals surface area contributed by atoms with E-state index in [-0.39, 0.29) is 11.9 Å². The van der Waals surface area contributed by atoms with Gasteiger partial charge in [-0.1, -0.05) is 36.4 Å². The predicted octanol–water partition coefficient (Wildman–Crippen LogP) is 5.33. The van der Waals surface area contributed by atoms with Gasteiger partial charge >= 0.3 is 0 Å². The molecule has 3 heterocycles. The van der Waals surface area contributed by atoms with Gasteiger partial charge in [0.25, 0.3) is 5.92 Å². The molecule has 1 aliphatic rings. The summed E-state index contributed by atoms with van der Waals surface area (Å²) in [6.45, 7) is 5.09. The Morgan fingerprint density at radius 3 is 2.54 bits per heavy atom. The third-order valence-corrected chi connectivity index (χ3v) is 5.51. The van der Waals surface area contributed by atoms with Crippen molar-refractivity contribution in [2.75, 3.05) is 0 Å². The fourth-order valence-electron chi connectivity index (χ4n) is 4.05. The van der Waals surface area contributed by atoms with Crippen LogP contribution in [0.2, 0.25) is 0 Å². The lowest BCUT2D eigenvalue weighted by atomic mass is 9.74. The second-order valence-electron chi connectivity index (χ2n) is 7.13. The van der Waals surface area contributed by atoms with Crippen molar-refractivity contribution >= 4 is 27.3 Å². The van der Waals surface area contributed by atoms with Crippen LogP contribution in [0.15, 0.2) is 42.6 Å². The van der Waals surface area contributed by atoms with Crippen LogP contribution in [0.3, 0.4) is 0 Å². The quantitative estimate of drug-likeness (QED) is 0.400. The van der Waals surface area contributed by atoms with E-state index in [0.717, 1.165) is 27.2 Å². The van der Waals surface area contributed by atoms with Crippen LogP contribution in [0.4, 0.5) is 8.78 Å². The van der Waals surface area contributed by atoms with E-state index in [2.05, 4.69) is 4.98 Å². The molecule has 0 atom stereocenters. The molecule has 0 amide bonds. The number of nitrogens with zero attached hydrogens (tertiary/aromatic N) is 2. The number of pyridine rings is 1. The minimum atomic E-state index is -3.18. The van der Waals surface area contributed by atoms with Crippen LogP contribution < -0.4 is 0 Å². The first kappa shape index (κ1) is 12.9. The molecule has 2 aromatic heterocycles. The minimum absolute atomic E-state index is 0.304. The van der Waals surface area contributed by atoms with E-state index in [1.54, 1.807) is 19.9 Å². The standard InChI is InChI=1S/C20H16F2N2/c1-11-8-9-14-17-16(11)12-6-4-5-7-13(12)18-23-10-15(24(17)18)20(21,22)19(14,2)3/h4-10H,1-3H3/i10D. The molecule has 0 fully saturated rings. The SMILES string of the molecule is [2H]c1nc2c3ccccc3c3c(C)ccc4c3n2c1C(F)(F)C4(C)C. The van der Waals surface area contributed by atoms with Crippen LogP contribution in [-0.4, -0.2) is 9.38 Å². The number of halogens is 2. The maximum Gasteiger partial charge on any atom is 0.298 e. The van der Waals surface area contributed by atoms with Gasteiger partial charge in [0.2, 0.25) is 0 Å². The van der Waals surface area contributed by atoms with E-state index in [1.165, 1.54) is 4.40 Å². The summed E-state index contributed by atoms with van der Waals surface area (Å²) in [4.78, 5) is 4.24. The number of aryl methyl sites for hydroxylation is 1. The number of hydrogen-bond donors (Lipinski definition) is 0. The molecule has 120 valence electrons. The lowest BCUT2D eigenvalue weighted by Gasteiger charge is -2.39. The summed E-state index contributed by atoms with van der Waals surface area (Å²) < 4.78 is 40.4. The largest absolute Gasteiger partial charge is 0.298 e. The number of rotatable bonds is 0. The molecule has 24 heavy (non-hydrogen) atoms. The summed E-state index contributed by atoms with van der Waals surface area (Å²) >= 11 is 0. The molecule has 2 nitrogen and oxygen atoms in total. The van der Waals surface area contributed by atoms with Crippen molar-refractivity contribution in [3.63, 3.8) is 0 Å². The van der Waals surface area contributed by atoms with Crippen molar-refractivity contribution in [2.24, 2.45) is 0 Å². The number of hydrogen-bond acceptors (Lipinski definition) is 1. The smallest absolute Gasteiger partial charge is 0.290 e. The Bertz CT molecular complexity index is 1220. The summed E-state index contributed by atoms with van der Waals surface area (Å²) in [6, 6.07) is 11.4. The molecular formula is C20H16F2N2. The first-order valence-corrected chi connectivity index (χ1v) is 7.98. The Labute approximate surface area is 139 Å². The van der Waals surface area contributed by atoms with Gasteiger partial charge in [-0.15, -0.1) is 0 Å². The highest BCUT2D eigenvalue weighted by Crippen LogP contribution is 2.53. The molecule has 4 aromatic rings. The highest BCUT2D eigenvalue weighted by Gasteiger charge is 2.54. The molecule has 0 aliphatic carbocycles. The second-order valence-corrected chi connectivity index (χ2v) is 7.13. The van der Waals surface area contributed by atoms with Crippen LogP contribution in [0.25, 0.3) is 27.3 Å². The van der Waals surface area contributed by atoms with E-state index in [0.29, 0.717) is 11.2 Å². The Kier molecular flexibility index (Phi) is 2.11. The Morgan fingerprint density at radius 2 is 1.79 bits per heavy atom. The highest BCUT2D eigenvalue weighted by molar-refractivity contribution is 6.14. The zero-order valence-electron chi connectivity index (χ0n) is 14.6. The number of benzene rings is 2. The van der Waals surface area contributed by atoms with Crippen LogP contribution in [0.5, 0.6) is 0 Å². The number of aromatic nitrogens is 2. The lowest BCUT2D eigenvalue weighted by molar-refractivity contribution is -0.0790. The van der Waals surface area contributed by atoms with E-state index in [9.17, 15) is 0 Å². The van der Waals surface area contributed by atoms with Gasteiger partial charge in [0.15, 0.2) is 0 Å². The summed E-state index contributed by atoms with van der Waals surface area (Å²) in [5.41, 5.74) is 1.10. The average Bonchev–Trinajstić information content (AvgIpc) is 2.91. The fraction of sp³-hybridized carbons (Fsp3) is 0.250. The molecule has 0 spiro atoms. The van der Waals surface area contributed by atoms with Gasteiger partial charge in [-0.25, -0.2) is 4.98 Å². The maximum absolute atomic E-state index is 15.4. The zero-order valence-corrected chi connectivity index (χ0v) is 13.6. The van der Waals surface area contributed by atoms with Crippen LogP contribution >= 0.6 is 0 Å². The van der Waals surface area contributed by atoms with E-state index in [4.69, 9.17) is 1.37 Å². The predicted molar refractivity (Wildman–Crippen MR) is 91.9 cm³/mol. The molecule has 2 aromatic carbocycles. The molecule has 5 rings (SSSR count). The van der Waals surface area contributed by atoms with Gasteiger partial charge in [-0.05, 0) is 37.3 Å². The average molecular weight is 323 g/mol. The monoisotopic (exact) mass is 323 g/mol. The molecule has 0 saturated carbocycles. The Balaban J connectivity index is 2.26. The molecule has 0 N–H and O–H groups in total. The lowest BCUT2D eigenvalue weighted by Crippen LogP contribution is -2.42.